The second-order valence-corrected chi connectivity index (χ2v) is 5.59. The molecule has 0 bridgehead atoms. The molecule has 0 aromatic heterocycles. The first kappa shape index (κ1) is 16.4. The Kier molecular flexibility index (Phi) is 5.49. The molecule has 0 unspecified atom stereocenters. The van der Waals surface area contributed by atoms with Crippen LogP contribution >= 0.6 is 0 Å². The molecule has 0 aliphatic carbocycles. The second kappa shape index (κ2) is 7.35. The minimum Gasteiger partial charge on any atom is -0.480 e. The maximum Gasteiger partial charge on any atom is 0.320 e. The van der Waals surface area contributed by atoms with Crippen molar-refractivity contribution >= 4 is 11.9 Å². The summed E-state index contributed by atoms with van der Waals surface area (Å²) >= 11 is 0. The number of amides is 1. The van der Waals surface area contributed by atoms with Gasteiger partial charge in [0.1, 0.15) is 11.9 Å². The van der Waals surface area contributed by atoms with Gasteiger partial charge in [-0.05, 0) is 31.0 Å². The van der Waals surface area contributed by atoms with Gasteiger partial charge in [-0.3, -0.25) is 14.5 Å². The van der Waals surface area contributed by atoms with E-state index in [9.17, 15) is 14.0 Å². The molecule has 6 heteroatoms. The van der Waals surface area contributed by atoms with E-state index in [0.29, 0.717) is 31.7 Å². The smallest absolute Gasteiger partial charge is 0.320 e. The molecule has 0 saturated carbocycles. The summed E-state index contributed by atoms with van der Waals surface area (Å²) in [6, 6.07) is 5.51. The number of carboxylic acid groups (broad SMARTS) is 1. The number of hydrogen-bond acceptors (Lipinski definition) is 3. The maximum atomic E-state index is 13.2. The van der Waals surface area contributed by atoms with E-state index in [2.05, 4.69) is 0 Å². The summed E-state index contributed by atoms with van der Waals surface area (Å²) in [7, 11) is 0. The first-order chi connectivity index (χ1) is 10.5. The topological polar surface area (TPSA) is 60.9 Å². The SMILES string of the molecule is C[C@@H](C(=O)O)N1CCCN(C(=O)Cc2cccc(F)c2)CC1. The van der Waals surface area contributed by atoms with Gasteiger partial charge in [0.15, 0.2) is 0 Å². The number of hydrogen-bond donors (Lipinski definition) is 1. The van der Waals surface area contributed by atoms with Crippen LogP contribution in [-0.4, -0.2) is 59.0 Å². The van der Waals surface area contributed by atoms with Gasteiger partial charge >= 0.3 is 5.97 Å². The Morgan fingerprint density at radius 2 is 2.05 bits per heavy atom. The number of carbonyl (C=O) groups is 2. The molecule has 5 nitrogen and oxygen atoms in total. The molecule has 1 heterocycles. The Morgan fingerprint density at radius 1 is 1.27 bits per heavy atom. The molecular weight excluding hydrogens is 287 g/mol. The van der Waals surface area contributed by atoms with Crippen LogP contribution in [0.3, 0.4) is 0 Å². The van der Waals surface area contributed by atoms with Crippen LogP contribution in [0.15, 0.2) is 24.3 Å². The lowest BCUT2D eigenvalue weighted by atomic mass is 10.1. The van der Waals surface area contributed by atoms with Crippen molar-refractivity contribution in [3.05, 3.63) is 35.6 Å². The number of aliphatic carboxylic acids is 1. The van der Waals surface area contributed by atoms with Crippen LogP contribution in [0.25, 0.3) is 0 Å². The monoisotopic (exact) mass is 308 g/mol. The molecule has 22 heavy (non-hydrogen) atoms. The average molecular weight is 308 g/mol. The molecule has 1 aromatic rings. The van der Waals surface area contributed by atoms with E-state index in [4.69, 9.17) is 5.11 Å². The minimum absolute atomic E-state index is 0.0459. The van der Waals surface area contributed by atoms with Gasteiger partial charge < -0.3 is 10.0 Å². The zero-order valence-electron chi connectivity index (χ0n) is 12.7. The Bertz CT molecular complexity index is 550. The molecule has 1 fully saturated rings. The second-order valence-electron chi connectivity index (χ2n) is 5.59. The van der Waals surface area contributed by atoms with Crippen molar-refractivity contribution in [2.45, 2.75) is 25.8 Å². The first-order valence-electron chi connectivity index (χ1n) is 7.46. The van der Waals surface area contributed by atoms with Crippen molar-refractivity contribution in [1.29, 1.82) is 0 Å². The highest BCUT2D eigenvalue weighted by Crippen LogP contribution is 2.11. The van der Waals surface area contributed by atoms with Gasteiger partial charge in [-0.25, -0.2) is 4.39 Å². The van der Waals surface area contributed by atoms with E-state index in [-0.39, 0.29) is 18.1 Å². The highest BCUT2D eigenvalue weighted by atomic mass is 19.1. The molecule has 1 aromatic carbocycles. The number of carboxylic acids is 1. The zero-order valence-corrected chi connectivity index (χ0v) is 12.7. The van der Waals surface area contributed by atoms with Crippen molar-refractivity contribution in [2.75, 3.05) is 26.2 Å². The van der Waals surface area contributed by atoms with Gasteiger partial charge in [-0.2, -0.15) is 0 Å². The normalized spacial score (nSPS) is 17.8. The van der Waals surface area contributed by atoms with Crippen LogP contribution in [0.4, 0.5) is 4.39 Å². The fraction of sp³-hybridized carbons (Fsp3) is 0.500. The molecule has 2 rings (SSSR count). The van der Waals surface area contributed by atoms with Gasteiger partial charge in [0.25, 0.3) is 0 Å². The van der Waals surface area contributed by atoms with Crippen LogP contribution < -0.4 is 0 Å². The van der Waals surface area contributed by atoms with Gasteiger partial charge in [0.2, 0.25) is 5.91 Å². The highest BCUT2D eigenvalue weighted by Gasteiger charge is 2.25. The van der Waals surface area contributed by atoms with Gasteiger partial charge in [-0.15, -0.1) is 0 Å². The maximum absolute atomic E-state index is 13.2. The summed E-state index contributed by atoms with van der Waals surface area (Å²) in [5.74, 6) is -1.24. The van der Waals surface area contributed by atoms with Crippen molar-refractivity contribution < 1.29 is 19.1 Å². The van der Waals surface area contributed by atoms with E-state index >= 15 is 0 Å². The predicted octanol–water partition coefficient (Wildman–Crippen LogP) is 1.38. The van der Waals surface area contributed by atoms with Crippen LogP contribution in [0, 0.1) is 5.82 Å². The third kappa shape index (κ3) is 4.27. The number of carbonyl (C=O) groups excluding carboxylic acids is 1. The summed E-state index contributed by atoms with van der Waals surface area (Å²) in [6.07, 6.45) is 0.915. The van der Waals surface area contributed by atoms with E-state index in [0.717, 1.165) is 6.42 Å². The fourth-order valence-electron chi connectivity index (χ4n) is 2.66. The summed E-state index contributed by atoms with van der Waals surface area (Å²) in [6.45, 7) is 3.98. The molecule has 1 N–H and O–H groups in total. The van der Waals surface area contributed by atoms with Crippen molar-refractivity contribution in [1.82, 2.24) is 9.80 Å². The Balaban J connectivity index is 1.93. The van der Waals surface area contributed by atoms with Crippen LogP contribution in [0.2, 0.25) is 0 Å². The molecule has 1 saturated heterocycles. The number of benzene rings is 1. The van der Waals surface area contributed by atoms with E-state index in [1.54, 1.807) is 24.0 Å². The van der Waals surface area contributed by atoms with Crippen molar-refractivity contribution in [3.8, 4) is 0 Å². The third-order valence-corrected chi connectivity index (χ3v) is 4.03. The van der Waals surface area contributed by atoms with Gasteiger partial charge in [0, 0.05) is 26.2 Å². The Labute approximate surface area is 129 Å². The molecule has 1 atom stereocenters. The number of rotatable bonds is 4. The largest absolute Gasteiger partial charge is 0.480 e. The molecular formula is C16H21FN2O3. The summed E-state index contributed by atoms with van der Waals surface area (Å²) in [5, 5.41) is 9.06. The van der Waals surface area contributed by atoms with Crippen LogP contribution in [0.5, 0.6) is 0 Å². The van der Waals surface area contributed by atoms with E-state index in [1.165, 1.54) is 12.1 Å². The Morgan fingerprint density at radius 3 is 2.73 bits per heavy atom. The molecule has 1 aliphatic heterocycles. The highest BCUT2D eigenvalue weighted by molar-refractivity contribution is 5.78. The standard InChI is InChI=1S/C16H21FN2O3/c1-12(16(21)22)18-6-3-7-19(9-8-18)15(20)11-13-4-2-5-14(17)10-13/h2,4-5,10,12H,3,6-9,11H2,1H3,(H,21,22)/t12-/m0/s1. The minimum atomic E-state index is -0.848. The van der Waals surface area contributed by atoms with E-state index in [1.807, 2.05) is 4.90 Å². The lowest BCUT2D eigenvalue weighted by molar-refractivity contribution is -0.142. The zero-order chi connectivity index (χ0) is 16.1. The van der Waals surface area contributed by atoms with E-state index < -0.39 is 12.0 Å². The Hall–Kier alpha value is -1.95. The molecule has 0 spiro atoms. The lowest BCUT2D eigenvalue weighted by Gasteiger charge is -2.24. The van der Waals surface area contributed by atoms with Crippen molar-refractivity contribution in [2.24, 2.45) is 0 Å². The fourth-order valence-corrected chi connectivity index (χ4v) is 2.66. The number of nitrogens with zero attached hydrogens (tertiary/aromatic N) is 2. The predicted molar refractivity (Wildman–Crippen MR) is 80.0 cm³/mol. The quantitative estimate of drug-likeness (QED) is 0.913. The van der Waals surface area contributed by atoms with Crippen LogP contribution in [-0.2, 0) is 16.0 Å². The van der Waals surface area contributed by atoms with Crippen molar-refractivity contribution in [3.63, 3.8) is 0 Å². The van der Waals surface area contributed by atoms with Gasteiger partial charge in [-0.1, -0.05) is 12.1 Å². The first-order valence-corrected chi connectivity index (χ1v) is 7.46. The molecule has 120 valence electrons. The summed E-state index contributed by atoms with van der Waals surface area (Å²) < 4.78 is 13.2. The van der Waals surface area contributed by atoms with Crippen LogP contribution in [0.1, 0.15) is 18.9 Å². The van der Waals surface area contributed by atoms with Gasteiger partial charge in [0.05, 0.1) is 6.42 Å². The summed E-state index contributed by atoms with van der Waals surface area (Å²) in [4.78, 5) is 27.0. The molecule has 0 radical (unpaired) electrons. The third-order valence-electron chi connectivity index (χ3n) is 4.03. The lowest BCUT2D eigenvalue weighted by Crippen LogP contribution is -2.42. The molecule has 1 amide bonds. The average Bonchev–Trinajstić information content (AvgIpc) is 2.72. The summed E-state index contributed by atoms with van der Waals surface area (Å²) in [5.41, 5.74) is 0.657. The molecule has 1 aliphatic rings. The number of halogens is 1.